The van der Waals surface area contributed by atoms with Gasteiger partial charge >= 0.3 is 0 Å². The molecule has 0 aromatic heterocycles. The van der Waals surface area contributed by atoms with Gasteiger partial charge in [0.15, 0.2) is 0 Å². The average molecular weight is 154 g/mol. The van der Waals surface area contributed by atoms with E-state index in [2.05, 4.69) is 11.4 Å². The van der Waals surface area contributed by atoms with Crippen molar-refractivity contribution in [1.29, 1.82) is 5.26 Å². The number of nitrogens with zero attached hydrogens (tertiary/aromatic N) is 1. The minimum absolute atomic E-state index is 0.0732. The molecule has 0 aromatic rings. The molecule has 0 spiro atoms. The zero-order valence-corrected chi connectivity index (χ0v) is 7.27. The summed E-state index contributed by atoms with van der Waals surface area (Å²) >= 11 is 0. The lowest BCUT2D eigenvalue weighted by Gasteiger charge is -2.20. The van der Waals surface area contributed by atoms with Crippen molar-refractivity contribution in [2.24, 2.45) is 0 Å². The number of hydrogen-bond donors (Lipinski definition) is 1. The van der Waals surface area contributed by atoms with E-state index in [1.54, 1.807) is 13.8 Å². The van der Waals surface area contributed by atoms with E-state index in [1.165, 1.54) is 0 Å². The smallest absolute Gasteiger partial charge is 0.220 e. The molecule has 0 fully saturated rings. The van der Waals surface area contributed by atoms with Gasteiger partial charge in [-0.2, -0.15) is 5.26 Å². The summed E-state index contributed by atoms with van der Waals surface area (Å²) in [6.07, 6.45) is 1.06. The lowest BCUT2D eigenvalue weighted by atomic mass is 10.0. The van der Waals surface area contributed by atoms with Crippen LogP contribution in [0.25, 0.3) is 0 Å². The summed E-state index contributed by atoms with van der Waals surface area (Å²) in [5.74, 6) is -0.0732. The number of nitriles is 1. The van der Waals surface area contributed by atoms with Crippen LogP contribution in [0.4, 0.5) is 0 Å². The van der Waals surface area contributed by atoms with Crippen molar-refractivity contribution in [1.82, 2.24) is 5.32 Å². The maximum Gasteiger partial charge on any atom is 0.220 e. The summed E-state index contributed by atoms with van der Waals surface area (Å²) in [5.41, 5.74) is -0.687. The van der Waals surface area contributed by atoms with E-state index < -0.39 is 5.54 Å². The van der Waals surface area contributed by atoms with Crippen LogP contribution in [-0.4, -0.2) is 11.4 Å². The number of rotatable bonds is 3. The first-order valence-electron chi connectivity index (χ1n) is 3.80. The number of amides is 1. The Kier molecular flexibility index (Phi) is 3.59. The molecule has 0 heterocycles. The van der Waals surface area contributed by atoms with Crippen molar-refractivity contribution in [2.45, 2.75) is 39.2 Å². The Bertz CT molecular complexity index is 183. The summed E-state index contributed by atoms with van der Waals surface area (Å²) in [4.78, 5) is 10.9. The summed E-state index contributed by atoms with van der Waals surface area (Å²) in [7, 11) is 0. The maximum atomic E-state index is 10.9. The van der Waals surface area contributed by atoms with E-state index in [0.29, 0.717) is 12.8 Å². The Morgan fingerprint density at radius 1 is 1.64 bits per heavy atom. The van der Waals surface area contributed by atoms with Crippen LogP contribution in [0.3, 0.4) is 0 Å². The third-order valence-electron chi connectivity index (χ3n) is 1.69. The fourth-order valence-corrected chi connectivity index (χ4v) is 0.591. The Labute approximate surface area is 67.4 Å². The fraction of sp³-hybridized carbons (Fsp3) is 0.750. The molecule has 11 heavy (non-hydrogen) atoms. The zero-order valence-electron chi connectivity index (χ0n) is 7.27. The maximum absolute atomic E-state index is 10.9. The highest BCUT2D eigenvalue weighted by atomic mass is 16.1. The Balaban J connectivity index is 4.11. The number of hydrogen-bond acceptors (Lipinski definition) is 2. The van der Waals surface area contributed by atoms with Gasteiger partial charge in [-0.15, -0.1) is 0 Å². The minimum Gasteiger partial charge on any atom is -0.338 e. The van der Waals surface area contributed by atoms with Gasteiger partial charge in [-0.1, -0.05) is 13.8 Å². The lowest BCUT2D eigenvalue weighted by Crippen LogP contribution is -2.43. The molecule has 1 N–H and O–H groups in total. The molecule has 0 saturated heterocycles. The summed E-state index contributed by atoms with van der Waals surface area (Å²) < 4.78 is 0. The van der Waals surface area contributed by atoms with Crippen LogP contribution >= 0.6 is 0 Å². The molecule has 3 heteroatoms. The largest absolute Gasteiger partial charge is 0.338 e. The second-order valence-corrected chi connectivity index (χ2v) is 2.70. The summed E-state index contributed by atoms with van der Waals surface area (Å²) in [6.45, 7) is 5.36. The average Bonchev–Trinajstić information content (AvgIpc) is 2.04. The third-order valence-corrected chi connectivity index (χ3v) is 1.69. The second-order valence-electron chi connectivity index (χ2n) is 2.70. The van der Waals surface area contributed by atoms with E-state index in [9.17, 15) is 4.79 Å². The molecular weight excluding hydrogens is 140 g/mol. The molecule has 0 radical (unpaired) electrons. The molecule has 1 amide bonds. The molecule has 62 valence electrons. The highest BCUT2D eigenvalue weighted by molar-refractivity contribution is 5.76. The molecule has 1 atom stereocenters. The van der Waals surface area contributed by atoms with Gasteiger partial charge < -0.3 is 5.32 Å². The van der Waals surface area contributed by atoms with E-state index in [4.69, 9.17) is 5.26 Å². The van der Waals surface area contributed by atoms with Crippen molar-refractivity contribution >= 4 is 5.91 Å². The van der Waals surface area contributed by atoms with Gasteiger partial charge in [-0.05, 0) is 13.3 Å². The monoisotopic (exact) mass is 154 g/mol. The molecule has 0 rings (SSSR count). The van der Waals surface area contributed by atoms with Crippen molar-refractivity contribution in [2.75, 3.05) is 0 Å². The molecular formula is C8H14N2O. The van der Waals surface area contributed by atoms with E-state index in [-0.39, 0.29) is 5.91 Å². The quantitative estimate of drug-likeness (QED) is 0.664. The normalized spacial score (nSPS) is 14.7. The molecule has 0 saturated carbocycles. The second kappa shape index (κ2) is 3.97. The van der Waals surface area contributed by atoms with Gasteiger partial charge in [0.1, 0.15) is 5.54 Å². The molecule has 0 bridgehead atoms. The van der Waals surface area contributed by atoms with Gasteiger partial charge in [0.05, 0.1) is 6.07 Å². The Morgan fingerprint density at radius 3 is 2.45 bits per heavy atom. The molecule has 0 aliphatic rings. The minimum atomic E-state index is -0.687. The molecule has 0 aliphatic carbocycles. The predicted molar refractivity (Wildman–Crippen MR) is 42.7 cm³/mol. The van der Waals surface area contributed by atoms with Crippen LogP contribution in [0.1, 0.15) is 33.6 Å². The first-order chi connectivity index (χ1) is 5.08. The van der Waals surface area contributed by atoms with Gasteiger partial charge in [-0.25, -0.2) is 0 Å². The van der Waals surface area contributed by atoms with Crippen LogP contribution in [0, 0.1) is 11.3 Å². The van der Waals surface area contributed by atoms with E-state index >= 15 is 0 Å². The molecule has 3 nitrogen and oxygen atoms in total. The lowest BCUT2D eigenvalue weighted by molar-refractivity contribution is -0.122. The third kappa shape index (κ3) is 3.03. The number of carbonyl (C=O) groups is 1. The van der Waals surface area contributed by atoms with Crippen LogP contribution < -0.4 is 5.32 Å². The van der Waals surface area contributed by atoms with Gasteiger partial charge in [0.25, 0.3) is 0 Å². The number of nitrogens with one attached hydrogen (secondary N) is 1. The molecule has 0 aromatic carbocycles. The highest BCUT2D eigenvalue weighted by Crippen LogP contribution is 2.06. The van der Waals surface area contributed by atoms with Gasteiger partial charge in [0.2, 0.25) is 5.91 Å². The standard InChI is InChI=1S/C8H14N2O/c1-4-7(11)10-8(3,5-2)6-9/h4-5H2,1-3H3,(H,10,11). The molecule has 1 unspecified atom stereocenters. The van der Waals surface area contributed by atoms with Crippen molar-refractivity contribution in [3.8, 4) is 6.07 Å². The summed E-state index contributed by atoms with van der Waals surface area (Å²) in [5, 5.41) is 11.3. The van der Waals surface area contributed by atoms with Crippen molar-refractivity contribution in [3.63, 3.8) is 0 Å². The van der Waals surface area contributed by atoms with Crippen LogP contribution in [-0.2, 0) is 4.79 Å². The molecule has 0 aliphatic heterocycles. The summed E-state index contributed by atoms with van der Waals surface area (Å²) in [6, 6.07) is 2.06. The number of carbonyl (C=O) groups excluding carboxylic acids is 1. The van der Waals surface area contributed by atoms with E-state index in [1.807, 2.05) is 6.92 Å². The van der Waals surface area contributed by atoms with Crippen LogP contribution in [0.2, 0.25) is 0 Å². The fourth-order valence-electron chi connectivity index (χ4n) is 0.591. The first kappa shape index (κ1) is 9.96. The van der Waals surface area contributed by atoms with E-state index in [0.717, 1.165) is 0 Å². The van der Waals surface area contributed by atoms with Crippen LogP contribution in [0.5, 0.6) is 0 Å². The van der Waals surface area contributed by atoms with Gasteiger partial charge in [0, 0.05) is 6.42 Å². The van der Waals surface area contributed by atoms with Crippen LogP contribution in [0.15, 0.2) is 0 Å². The first-order valence-corrected chi connectivity index (χ1v) is 3.80. The van der Waals surface area contributed by atoms with Crippen molar-refractivity contribution < 1.29 is 4.79 Å². The Morgan fingerprint density at radius 2 is 2.18 bits per heavy atom. The Hall–Kier alpha value is -1.04. The topological polar surface area (TPSA) is 52.9 Å². The van der Waals surface area contributed by atoms with Crippen molar-refractivity contribution in [3.05, 3.63) is 0 Å². The highest BCUT2D eigenvalue weighted by Gasteiger charge is 2.22. The predicted octanol–water partition coefficient (Wildman–Crippen LogP) is 1.20. The van der Waals surface area contributed by atoms with Gasteiger partial charge in [-0.3, -0.25) is 4.79 Å². The SMILES string of the molecule is CCC(=O)NC(C)(C#N)CC. The zero-order chi connectivity index (χ0) is 8.91.